The Morgan fingerprint density at radius 2 is 2.29 bits per heavy atom. The van der Waals surface area contributed by atoms with Crippen LogP contribution in [0.2, 0.25) is 0 Å². The van der Waals surface area contributed by atoms with Crippen LogP contribution < -0.4 is 5.73 Å². The minimum Gasteiger partial charge on any atom is -0.375 e. The molecule has 2 atom stereocenters. The first kappa shape index (κ1) is 10.1. The summed E-state index contributed by atoms with van der Waals surface area (Å²) in [6, 6.07) is 6.37. The summed E-state index contributed by atoms with van der Waals surface area (Å²) in [5.74, 6) is 0. The lowest BCUT2D eigenvalue weighted by Crippen LogP contribution is -2.34. The number of fused-ring (bicyclic) bond motifs is 1. The van der Waals surface area contributed by atoms with E-state index in [4.69, 9.17) is 10.5 Å². The Labute approximate surface area is 92.6 Å². The Morgan fingerprint density at radius 1 is 1.50 bits per heavy atom. The van der Waals surface area contributed by atoms with Crippen LogP contribution in [0.1, 0.15) is 23.7 Å². The number of nitrogens with two attached hydrogens (primary N) is 1. The lowest BCUT2D eigenvalue weighted by atomic mass is 9.86. The van der Waals surface area contributed by atoms with Crippen LogP contribution in [-0.2, 0) is 11.2 Å². The van der Waals surface area contributed by atoms with Gasteiger partial charge in [0.2, 0.25) is 0 Å². The van der Waals surface area contributed by atoms with Gasteiger partial charge in [0.1, 0.15) is 0 Å². The van der Waals surface area contributed by atoms with Crippen LogP contribution in [-0.4, -0.2) is 13.2 Å². The fourth-order valence-corrected chi connectivity index (χ4v) is 2.73. The molecule has 1 aromatic carbocycles. The van der Waals surface area contributed by atoms with E-state index in [-0.39, 0.29) is 12.1 Å². The zero-order valence-electron chi connectivity index (χ0n) is 8.16. The third kappa shape index (κ3) is 1.60. The van der Waals surface area contributed by atoms with Crippen molar-refractivity contribution in [2.24, 2.45) is 5.73 Å². The number of hydrogen-bond acceptors (Lipinski definition) is 2. The average molecular weight is 256 g/mol. The van der Waals surface area contributed by atoms with E-state index in [1.54, 1.807) is 7.11 Å². The van der Waals surface area contributed by atoms with Crippen molar-refractivity contribution in [3.05, 3.63) is 33.8 Å². The molecule has 0 spiro atoms. The van der Waals surface area contributed by atoms with Gasteiger partial charge in [-0.2, -0.15) is 0 Å². The minimum atomic E-state index is 0.0364. The van der Waals surface area contributed by atoms with Gasteiger partial charge in [0.05, 0.1) is 6.10 Å². The molecule has 3 heteroatoms. The fourth-order valence-electron chi connectivity index (χ4n) is 2.10. The van der Waals surface area contributed by atoms with Crippen LogP contribution in [0.4, 0.5) is 0 Å². The maximum absolute atomic E-state index is 6.03. The number of benzene rings is 1. The molecule has 14 heavy (non-hydrogen) atoms. The van der Waals surface area contributed by atoms with Crippen molar-refractivity contribution in [3.63, 3.8) is 0 Å². The standard InChI is InChI=1S/C11H14BrNO/c1-14-11-9(13)6-5-7-3-2-4-8(12)10(7)11/h2-4,9,11H,5-6,13H2,1H3/t9?,11-/m0/s1. The molecule has 2 nitrogen and oxygen atoms in total. The minimum absolute atomic E-state index is 0.0364. The number of methoxy groups -OCH3 is 1. The fraction of sp³-hybridized carbons (Fsp3) is 0.455. The largest absolute Gasteiger partial charge is 0.375 e. The number of halogens is 1. The summed E-state index contributed by atoms with van der Waals surface area (Å²) in [6.07, 6.45) is 2.09. The van der Waals surface area contributed by atoms with Crippen LogP contribution in [0, 0.1) is 0 Å². The SMILES string of the molecule is CO[C@@H]1c2c(Br)cccc2CCC1N. The molecule has 0 aromatic heterocycles. The number of rotatable bonds is 1. The monoisotopic (exact) mass is 255 g/mol. The third-order valence-electron chi connectivity index (χ3n) is 2.82. The highest BCUT2D eigenvalue weighted by Gasteiger charge is 2.28. The smallest absolute Gasteiger partial charge is 0.0985 e. The molecule has 1 aromatic rings. The molecule has 0 radical (unpaired) electrons. The molecule has 76 valence electrons. The first-order chi connectivity index (χ1) is 6.74. The summed E-state index contributed by atoms with van der Waals surface area (Å²) in [6.45, 7) is 0. The second-order valence-corrected chi connectivity index (χ2v) is 4.53. The highest BCUT2D eigenvalue weighted by atomic mass is 79.9. The lowest BCUT2D eigenvalue weighted by Gasteiger charge is -2.30. The maximum atomic E-state index is 6.03. The van der Waals surface area contributed by atoms with Crippen molar-refractivity contribution >= 4 is 15.9 Å². The number of ether oxygens (including phenoxy) is 1. The molecule has 2 N–H and O–H groups in total. The van der Waals surface area contributed by atoms with Crippen LogP contribution in [0.3, 0.4) is 0 Å². The highest BCUT2D eigenvalue weighted by Crippen LogP contribution is 2.36. The molecular weight excluding hydrogens is 242 g/mol. The summed E-state index contributed by atoms with van der Waals surface area (Å²) in [5.41, 5.74) is 8.61. The number of hydrogen-bond donors (Lipinski definition) is 1. The van der Waals surface area contributed by atoms with Gasteiger partial charge in [0.25, 0.3) is 0 Å². The van der Waals surface area contributed by atoms with Crippen molar-refractivity contribution in [1.29, 1.82) is 0 Å². The molecular formula is C11H14BrNO. The lowest BCUT2D eigenvalue weighted by molar-refractivity contribution is 0.0709. The van der Waals surface area contributed by atoms with E-state index in [9.17, 15) is 0 Å². The second kappa shape index (κ2) is 4.01. The summed E-state index contributed by atoms with van der Waals surface area (Å²) in [7, 11) is 1.72. The van der Waals surface area contributed by atoms with Crippen molar-refractivity contribution in [2.75, 3.05) is 7.11 Å². The topological polar surface area (TPSA) is 35.2 Å². The molecule has 0 saturated carbocycles. The molecule has 0 aliphatic heterocycles. The van der Waals surface area contributed by atoms with E-state index in [2.05, 4.69) is 28.1 Å². The number of aryl methyl sites for hydroxylation is 1. The van der Waals surface area contributed by atoms with Gasteiger partial charge in [-0.1, -0.05) is 28.1 Å². The van der Waals surface area contributed by atoms with Crippen LogP contribution in [0.15, 0.2) is 22.7 Å². The van der Waals surface area contributed by atoms with Gasteiger partial charge < -0.3 is 10.5 Å². The van der Waals surface area contributed by atoms with E-state index < -0.39 is 0 Å². The van der Waals surface area contributed by atoms with E-state index >= 15 is 0 Å². The second-order valence-electron chi connectivity index (χ2n) is 3.67. The summed E-state index contributed by atoms with van der Waals surface area (Å²) >= 11 is 3.56. The van der Waals surface area contributed by atoms with Gasteiger partial charge >= 0.3 is 0 Å². The summed E-state index contributed by atoms with van der Waals surface area (Å²) in [5, 5.41) is 0. The predicted molar refractivity (Wildman–Crippen MR) is 60.2 cm³/mol. The molecule has 1 aliphatic rings. The molecule has 1 unspecified atom stereocenters. The molecule has 2 rings (SSSR count). The maximum Gasteiger partial charge on any atom is 0.0985 e. The molecule has 0 fully saturated rings. The van der Waals surface area contributed by atoms with Crippen molar-refractivity contribution < 1.29 is 4.74 Å². The van der Waals surface area contributed by atoms with E-state index in [0.717, 1.165) is 17.3 Å². The molecule has 0 saturated heterocycles. The summed E-state index contributed by atoms with van der Waals surface area (Å²) < 4.78 is 6.56. The van der Waals surface area contributed by atoms with Crippen molar-refractivity contribution in [3.8, 4) is 0 Å². The van der Waals surface area contributed by atoms with Gasteiger partial charge in [-0.05, 0) is 30.0 Å². The molecule has 0 heterocycles. The Bertz CT molecular complexity index is 340. The van der Waals surface area contributed by atoms with E-state index in [1.165, 1.54) is 11.1 Å². The van der Waals surface area contributed by atoms with Gasteiger partial charge in [0, 0.05) is 17.6 Å². The van der Waals surface area contributed by atoms with Crippen LogP contribution in [0.25, 0.3) is 0 Å². The quantitative estimate of drug-likeness (QED) is 0.837. The molecule has 1 aliphatic carbocycles. The van der Waals surface area contributed by atoms with E-state index in [1.807, 2.05) is 6.07 Å². The third-order valence-corrected chi connectivity index (χ3v) is 3.51. The van der Waals surface area contributed by atoms with E-state index in [0.29, 0.717) is 0 Å². The Balaban J connectivity index is 2.49. The van der Waals surface area contributed by atoms with Crippen molar-refractivity contribution in [2.45, 2.75) is 25.0 Å². The van der Waals surface area contributed by atoms with Crippen molar-refractivity contribution in [1.82, 2.24) is 0 Å². The van der Waals surface area contributed by atoms with Crippen LogP contribution >= 0.6 is 15.9 Å². The van der Waals surface area contributed by atoms with Gasteiger partial charge in [-0.3, -0.25) is 0 Å². The Morgan fingerprint density at radius 3 is 3.00 bits per heavy atom. The normalized spacial score (nSPS) is 25.9. The van der Waals surface area contributed by atoms with Crippen LogP contribution in [0.5, 0.6) is 0 Å². The Hall–Kier alpha value is -0.380. The Kier molecular flexibility index (Phi) is 2.91. The first-order valence-corrected chi connectivity index (χ1v) is 5.59. The van der Waals surface area contributed by atoms with Gasteiger partial charge in [-0.25, -0.2) is 0 Å². The predicted octanol–water partition coefficient (Wildman–Crippen LogP) is 2.41. The van der Waals surface area contributed by atoms with Gasteiger partial charge in [0.15, 0.2) is 0 Å². The highest BCUT2D eigenvalue weighted by molar-refractivity contribution is 9.10. The molecule has 0 bridgehead atoms. The average Bonchev–Trinajstić information content (AvgIpc) is 2.19. The zero-order chi connectivity index (χ0) is 10.1. The first-order valence-electron chi connectivity index (χ1n) is 4.79. The van der Waals surface area contributed by atoms with Gasteiger partial charge in [-0.15, -0.1) is 0 Å². The summed E-state index contributed by atoms with van der Waals surface area (Å²) in [4.78, 5) is 0. The zero-order valence-corrected chi connectivity index (χ0v) is 9.75. The molecule has 0 amide bonds.